The number of aromatic nitrogens is 3. The minimum atomic E-state index is -0.180. The average molecular weight is 352 g/mol. The summed E-state index contributed by atoms with van der Waals surface area (Å²) in [6.45, 7) is 1.03. The molecule has 0 atom stereocenters. The molecule has 7 nitrogen and oxygen atoms in total. The first-order valence-electron chi connectivity index (χ1n) is 8.22. The van der Waals surface area contributed by atoms with E-state index in [2.05, 4.69) is 15.3 Å². The van der Waals surface area contributed by atoms with E-state index in [1.807, 2.05) is 29.0 Å². The van der Waals surface area contributed by atoms with Crippen LogP contribution in [0, 0.1) is 0 Å². The van der Waals surface area contributed by atoms with Crippen LogP contribution in [0.1, 0.15) is 0 Å². The molecule has 0 aliphatic heterocycles. The van der Waals surface area contributed by atoms with Gasteiger partial charge in [0.1, 0.15) is 17.2 Å². The normalized spacial score (nSPS) is 10.3. The smallest absolute Gasteiger partial charge is 0.258 e. The Kier molecular flexibility index (Phi) is 5.82. The molecule has 0 spiro atoms. The number of imidazole rings is 1. The van der Waals surface area contributed by atoms with Gasteiger partial charge in [-0.2, -0.15) is 0 Å². The molecule has 134 valence electrons. The summed E-state index contributed by atoms with van der Waals surface area (Å²) in [7, 11) is 1.60. The summed E-state index contributed by atoms with van der Waals surface area (Å²) in [5, 5.41) is 2.83. The Morgan fingerprint density at radius 1 is 1.08 bits per heavy atom. The fourth-order valence-corrected chi connectivity index (χ4v) is 2.41. The number of hydrogen-bond acceptors (Lipinski definition) is 5. The van der Waals surface area contributed by atoms with Crippen molar-refractivity contribution >= 4 is 5.91 Å². The van der Waals surface area contributed by atoms with Gasteiger partial charge in [0.25, 0.3) is 5.91 Å². The fraction of sp³-hybridized carbons (Fsp3) is 0.211. The third-order valence-electron chi connectivity index (χ3n) is 3.71. The van der Waals surface area contributed by atoms with Crippen LogP contribution in [-0.4, -0.2) is 40.7 Å². The van der Waals surface area contributed by atoms with Crippen molar-refractivity contribution in [1.82, 2.24) is 19.9 Å². The van der Waals surface area contributed by atoms with E-state index >= 15 is 0 Å². The second-order valence-electron chi connectivity index (χ2n) is 5.47. The number of ether oxygens (including phenoxy) is 2. The van der Waals surface area contributed by atoms with Gasteiger partial charge in [0.15, 0.2) is 12.4 Å². The van der Waals surface area contributed by atoms with Crippen LogP contribution in [0.5, 0.6) is 11.5 Å². The van der Waals surface area contributed by atoms with E-state index in [0.717, 1.165) is 17.3 Å². The molecular formula is C19H20N4O3. The number of pyridine rings is 1. The third kappa shape index (κ3) is 4.60. The second kappa shape index (κ2) is 8.66. The first-order chi connectivity index (χ1) is 12.8. The molecule has 0 bridgehead atoms. The number of nitrogens with zero attached hydrogens (tertiary/aromatic N) is 3. The molecule has 26 heavy (non-hydrogen) atoms. The highest BCUT2D eigenvalue weighted by Crippen LogP contribution is 2.16. The largest absolute Gasteiger partial charge is 0.497 e. The Morgan fingerprint density at radius 2 is 1.88 bits per heavy atom. The van der Waals surface area contributed by atoms with E-state index in [9.17, 15) is 4.79 Å². The lowest BCUT2D eigenvalue weighted by molar-refractivity contribution is -0.123. The quantitative estimate of drug-likeness (QED) is 0.672. The first-order valence-corrected chi connectivity index (χ1v) is 8.22. The van der Waals surface area contributed by atoms with Crippen molar-refractivity contribution in [3.8, 4) is 23.0 Å². The molecule has 0 fully saturated rings. The van der Waals surface area contributed by atoms with Gasteiger partial charge in [-0.15, -0.1) is 0 Å². The van der Waals surface area contributed by atoms with Gasteiger partial charge in [0.2, 0.25) is 0 Å². The van der Waals surface area contributed by atoms with Crippen molar-refractivity contribution < 1.29 is 14.3 Å². The van der Waals surface area contributed by atoms with E-state index in [0.29, 0.717) is 18.8 Å². The molecule has 1 amide bonds. The van der Waals surface area contributed by atoms with Crippen molar-refractivity contribution in [2.24, 2.45) is 0 Å². The van der Waals surface area contributed by atoms with E-state index < -0.39 is 0 Å². The first kappa shape index (κ1) is 17.5. The lowest BCUT2D eigenvalue weighted by Crippen LogP contribution is -2.31. The number of hydrogen-bond donors (Lipinski definition) is 1. The highest BCUT2D eigenvalue weighted by Gasteiger charge is 2.07. The predicted molar refractivity (Wildman–Crippen MR) is 97.0 cm³/mol. The zero-order chi connectivity index (χ0) is 18.2. The summed E-state index contributed by atoms with van der Waals surface area (Å²) < 4.78 is 12.5. The minimum Gasteiger partial charge on any atom is -0.497 e. The number of carbonyl (C=O) groups excluding carboxylic acids is 1. The molecule has 0 aliphatic carbocycles. The minimum absolute atomic E-state index is 0.0383. The molecule has 1 aromatic carbocycles. The number of amides is 1. The van der Waals surface area contributed by atoms with Crippen LogP contribution in [0.25, 0.3) is 11.5 Å². The zero-order valence-electron chi connectivity index (χ0n) is 14.5. The van der Waals surface area contributed by atoms with Gasteiger partial charge >= 0.3 is 0 Å². The highest BCUT2D eigenvalue weighted by atomic mass is 16.5. The van der Waals surface area contributed by atoms with Crippen molar-refractivity contribution in [2.75, 3.05) is 20.3 Å². The standard InChI is InChI=1S/C19H20N4O3/c1-25-15-5-7-16(8-6-15)26-14-18(24)21-10-12-23-13-11-22-19(23)17-4-2-3-9-20-17/h2-9,11,13H,10,12,14H2,1H3,(H,21,24). The summed E-state index contributed by atoms with van der Waals surface area (Å²) in [5.41, 5.74) is 0.798. The summed E-state index contributed by atoms with van der Waals surface area (Å²) in [6, 6.07) is 12.8. The van der Waals surface area contributed by atoms with E-state index in [-0.39, 0.29) is 12.5 Å². The van der Waals surface area contributed by atoms with Gasteiger partial charge < -0.3 is 19.4 Å². The fourth-order valence-electron chi connectivity index (χ4n) is 2.41. The van der Waals surface area contributed by atoms with Gasteiger partial charge in [-0.3, -0.25) is 9.78 Å². The van der Waals surface area contributed by atoms with Crippen molar-refractivity contribution in [1.29, 1.82) is 0 Å². The molecule has 2 aromatic heterocycles. The van der Waals surface area contributed by atoms with Crippen LogP contribution in [0.2, 0.25) is 0 Å². The van der Waals surface area contributed by atoms with E-state index in [1.165, 1.54) is 0 Å². The van der Waals surface area contributed by atoms with E-state index in [4.69, 9.17) is 9.47 Å². The Bertz CT molecular complexity index is 832. The maximum Gasteiger partial charge on any atom is 0.258 e. The predicted octanol–water partition coefficient (Wildman–Crippen LogP) is 2.15. The maximum absolute atomic E-state index is 11.9. The summed E-state index contributed by atoms with van der Waals surface area (Å²) in [6.07, 6.45) is 5.31. The lowest BCUT2D eigenvalue weighted by atomic mass is 10.3. The third-order valence-corrected chi connectivity index (χ3v) is 3.71. The molecule has 2 heterocycles. The van der Waals surface area contributed by atoms with Crippen molar-refractivity contribution in [3.63, 3.8) is 0 Å². The lowest BCUT2D eigenvalue weighted by Gasteiger charge is -2.10. The Morgan fingerprint density at radius 3 is 2.62 bits per heavy atom. The summed E-state index contributed by atoms with van der Waals surface area (Å²) in [4.78, 5) is 20.6. The van der Waals surface area contributed by atoms with Crippen LogP contribution in [0.3, 0.4) is 0 Å². The Hall–Kier alpha value is -3.35. The van der Waals surface area contributed by atoms with Gasteiger partial charge in [-0.25, -0.2) is 4.98 Å². The molecule has 0 saturated carbocycles. The monoisotopic (exact) mass is 352 g/mol. The molecule has 1 N–H and O–H groups in total. The van der Waals surface area contributed by atoms with Crippen LogP contribution >= 0.6 is 0 Å². The zero-order valence-corrected chi connectivity index (χ0v) is 14.5. The number of rotatable bonds is 8. The van der Waals surface area contributed by atoms with Crippen LogP contribution in [0.4, 0.5) is 0 Å². The SMILES string of the molecule is COc1ccc(OCC(=O)NCCn2ccnc2-c2ccccn2)cc1. The molecule has 7 heteroatoms. The van der Waals surface area contributed by atoms with Crippen LogP contribution in [-0.2, 0) is 11.3 Å². The number of benzene rings is 1. The molecule has 0 aliphatic rings. The molecule has 0 unspecified atom stereocenters. The Labute approximate surface area is 151 Å². The average Bonchev–Trinajstić information content (AvgIpc) is 3.16. The Balaban J connectivity index is 1.45. The molecule has 3 aromatic rings. The molecule has 3 rings (SSSR count). The van der Waals surface area contributed by atoms with Gasteiger partial charge in [-0.05, 0) is 36.4 Å². The van der Waals surface area contributed by atoms with Crippen molar-refractivity contribution in [3.05, 3.63) is 61.1 Å². The number of nitrogens with one attached hydrogen (secondary N) is 1. The topological polar surface area (TPSA) is 78.3 Å². The van der Waals surface area contributed by atoms with Crippen LogP contribution < -0.4 is 14.8 Å². The van der Waals surface area contributed by atoms with Crippen LogP contribution in [0.15, 0.2) is 61.1 Å². The van der Waals surface area contributed by atoms with E-state index in [1.54, 1.807) is 43.8 Å². The van der Waals surface area contributed by atoms with Gasteiger partial charge in [0, 0.05) is 31.7 Å². The summed E-state index contributed by atoms with van der Waals surface area (Å²) >= 11 is 0. The highest BCUT2D eigenvalue weighted by molar-refractivity contribution is 5.77. The second-order valence-corrected chi connectivity index (χ2v) is 5.47. The van der Waals surface area contributed by atoms with Gasteiger partial charge in [-0.1, -0.05) is 6.07 Å². The summed E-state index contributed by atoms with van der Waals surface area (Å²) in [5.74, 6) is 1.95. The maximum atomic E-state index is 11.9. The van der Waals surface area contributed by atoms with Gasteiger partial charge in [0.05, 0.1) is 7.11 Å². The molecular weight excluding hydrogens is 332 g/mol. The molecule has 0 radical (unpaired) electrons. The number of methoxy groups -OCH3 is 1. The van der Waals surface area contributed by atoms with Crippen molar-refractivity contribution in [2.45, 2.75) is 6.54 Å². The molecule has 0 saturated heterocycles. The number of carbonyl (C=O) groups is 1.